The molecule has 0 saturated heterocycles. The van der Waals surface area contributed by atoms with Gasteiger partial charge in [0.25, 0.3) is 0 Å². The van der Waals surface area contributed by atoms with Crippen molar-refractivity contribution in [3.05, 3.63) is 46.0 Å². The number of carboxylic acid groups (broad SMARTS) is 2. The van der Waals surface area contributed by atoms with Crippen LogP contribution in [0.5, 0.6) is 11.5 Å². The molecule has 2 heterocycles. The second-order valence-electron chi connectivity index (χ2n) is 7.92. The number of carboxylic acids is 2. The van der Waals surface area contributed by atoms with Crippen LogP contribution < -0.4 is 0 Å². The molecule has 0 aromatic carbocycles. The minimum atomic E-state index is -1.12. The van der Waals surface area contributed by atoms with E-state index in [9.17, 15) is 40.2 Å². The number of carbonyl (C=O) groups is 2. The largest absolute Gasteiger partial charge is 2.00 e. The van der Waals surface area contributed by atoms with E-state index in [1.165, 1.54) is 22.2 Å². The van der Waals surface area contributed by atoms with Crippen molar-refractivity contribution in [1.82, 2.24) is 19.8 Å². The number of pyridine rings is 2. The monoisotopic (exact) mass is 533 g/mol. The van der Waals surface area contributed by atoms with E-state index >= 15 is 0 Å². The summed E-state index contributed by atoms with van der Waals surface area (Å²) in [5.41, 5.74) is 2.04. The van der Waals surface area contributed by atoms with Gasteiger partial charge in [-0.05, 0) is 13.8 Å². The smallest absolute Gasteiger partial charge is 0.506 e. The van der Waals surface area contributed by atoms with Gasteiger partial charge in [0.2, 0.25) is 0 Å². The zero-order chi connectivity index (χ0) is 25.4. The first-order chi connectivity index (χ1) is 16.1. The first-order valence-electron chi connectivity index (χ1n) is 10.5. The Morgan fingerprint density at radius 2 is 1.11 bits per heavy atom. The molecule has 35 heavy (non-hydrogen) atoms. The normalized spacial score (nSPS) is 11.0. The molecule has 191 valence electrons. The fourth-order valence-electron chi connectivity index (χ4n) is 3.53. The summed E-state index contributed by atoms with van der Waals surface area (Å²) in [5.74, 6) is -2.53. The quantitative estimate of drug-likeness (QED) is 0.189. The summed E-state index contributed by atoms with van der Waals surface area (Å²) in [6.45, 7) is 1.76. The number of aryl methyl sites for hydroxylation is 2. The van der Waals surface area contributed by atoms with Crippen molar-refractivity contribution < 1.29 is 57.3 Å². The summed E-state index contributed by atoms with van der Waals surface area (Å²) in [5, 5.41) is 58.7. The molecule has 0 unspecified atom stereocenters. The van der Waals surface area contributed by atoms with Crippen molar-refractivity contribution in [2.24, 2.45) is 0 Å². The number of aliphatic hydroxyl groups is 2. The van der Waals surface area contributed by atoms with E-state index in [2.05, 4.69) is 9.97 Å². The molecule has 2 rings (SSSR count). The van der Waals surface area contributed by atoms with Crippen LogP contribution in [0.1, 0.15) is 33.6 Å². The van der Waals surface area contributed by atoms with Gasteiger partial charge in [0, 0.05) is 60.8 Å². The first kappa shape index (κ1) is 30.2. The maximum absolute atomic E-state index is 11.4. The zero-order valence-electron chi connectivity index (χ0n) is 19.5. The van der Waals surface area contributed by atoms with Crippen LogP contribution in [0.3, 0.4) is 0 Å². The summed E-state index contributed by atoms with van der Waals surface area (Å²) in [6, 6.07) is 0. The van der Waals surface area contributed by atoms with Crippen molar-refractivity contribution in [1.29, 1.82) is 0 Å². The van der Waals surface area contributed by atoms with Gasteiger partial charge in [0.05, 0.1) is 37.7 Å². The molecule has 13 heteroatoms. The Kier molecular flexibility index (Phi) is 12.0. The van der Waals surface area contributed by atoms with E-state index in [0.717, 1.165) is 0 Å². The number of hydrogen-bond donors (Lipinski definition) is 6. The minimum absolute atomic E-state index is 0. The van der Waals surface area contributed by atoms with Gasteiger partial charge in [-0.3, -0.25) is 29.4 Å². The van der Waals surface area contributed by atoms with Gasteiger partial charge in [-0.2, -0.15) is 0 Å². The molecular weight excluding hydrogens is 503 g/mol. The van der Waals surface area contributed by atoms with Gasteiger partial charge in [-0.15, -0.1) is 0 Å². The van der Waals surface area contributed by atoms with Crippen LogP contribution in [0.2, 0.25) is 0 Å². The molecular formula is C22H30MnN4O8+2. The molecule has 0 aliphatic rings. The number of aromatic nitrogens is 2. The first-order valence-corrected chi connectivity index (χ1v) is 10.5. The molecule has 0 amide bonds. The van der Waals surface area contributed by atoms with E-state index in [1.807, 2.05) is 0 Å². The fourth-order valence-corrected chi connectivity index (χ4v) is 3.53. The van der Waals surface area contributed by atoms with Crippen LogP contribution in [-0.2, 0) is 53.0 Å². The second-order valence-corrected chi connectivity index (χ2v) is 7.92. The molecule has 12 nitrogen and oxygen atoms in total. The standard InChI is InChI=1S/C22H30N4O8.Mn/c1-13-21(33)17(15(11-27)5-23-13)7-25(9-19(29)30)3-4-26(10-20(31)32)8-18-16(12-28)6-24-14(2)22(18)34;/h5-6,27-28,33-34H,3-4,7-12H2,1-2H3,(H,29,30)(H,31,32);/q;+2. The van der Waals surface area contributed by atoms with Gasteiger partial charge in [-0.1, -0.05) is 0 Å². The summed E-state index contributed by atoms with van der Waals surface area (Å²) in [4.78, 5) is 33.9. The third-order valence-corrected chi connectivity index (χ3v) is 5.41. The van der Waals surface area contributed by atoms with Crippen LogP contribution in [0.25, 0.3) is 0 Å². The average molecular weight is 533 g/mol. The summed E-state index contributed by atoms with van der Waals surface area (Å²) in [7, 11) is 0. The van der Waals surface area contributed by atoms with Crippen LogP contribution in [0, 0.1) is 13.8 Å². The molecule has 0 aliphatic heterocycles. The van der Waals surface area contributed by atoms with Crippen molar-refractivity contribution >= 4 is 11.9 Å². The molecule has 0 saturated carbocycles. The van der Waals surface area contributed by atoms with Gasteiger partial charge >= 0.3 is 29.0 Å². The molecule has 6 N–H and O–H groups in total. The molecule has 0 aliphatic carbocycles. The summed E-state index contributed by atoms with van der Waals surface area (Å²) < 4.78 is 0. The van der Waals surface area contributed by atoms with Gasteiger partial charge in [-0.25, -0.2) is 0 Å². The zero-order valence-corrected chi connectivity index (χ0v) is 20.7. The topological polar surface area (TPSA) is 188 Å². The predicted molar refractivity (Wildman–Crippen MR) is 119 cm³/mol. The Balaban J connectivity index is 0.00000612. The number of hydrogen-bond acceptors (Lipinski definition) is 10. The third kappa shape index (κ3) is 8.42. The predicted octanol–water partition coefficient (Wildman–Crippen LogP) is -0.0399. The molecule has 0 bridgehead atoms. The minimum Gasteiger partial charge on any atom is -0.506 e. The Morgan fingerprint density at radius 3 is 1.40 bits per heavy atom. The van der Waals surface area contributed by atoms with Crippen molar-refractivity contribution in [3.8, 4) is 11.5 Å². The Labute approximate surface area is 213 Å². The Hall–Kier alpha value is -2.80. The number of aliphatic hydroxyl groups excluding tert-OH is 2. The van der Waals surface area contributed by atoms with Crippen molar-refractivity contribution in [2.45, 2.75) is 40.2 Å². The van der Waals surface area contributed by atoms with E-state index in [4.69, 9.17) is 0 Å². The van der Waals surface area contributed by atoms with Gasteiger partial charge in [0.1, 0.15) is 11.5 Å². The summed E-state index contributed by atoms with van der Waals surface area (Å²) >= 11 is 0. The molecule has 0 atom stereocenters. The average Bonchev–Trinajstić information content (AvgIpc) is 2.77. The van der Waals surface area contributed by atoms with Crippen molar-refractivity contribution in [3.63, 3.8) is 0 Å². The number of nitrogens with zero attached hydrogens (tertiary/aromatic N) is 4. The van der Waals surface area contributed by atoms with Gasteiger partial charge in [0.15, 0.2) is 0 Å². The molecule has 2 aromatic heterocycles. The maximum Gasteiger partial charge on any atom is 2.00 e. The fraction of sp³-hybridized carbons (Fsp3) is 0.455. The van der Waals surface area contributed by atoms with Gasteiger partial charge < -0.3 is 30.6 Å². The third-order valence-electron chi connectivity index (χ3n) is 5.41. The second kappa shape index (κ2) is 13.9. The van der Waals surface area contributed by atoms with Crippen LogP contribution in [0.15, 0.2) is 12.4 Å². The van der Waals surface area contributed by atoms with E-state index in [-0.39, 0.29) is 54.7 Å². The summed E-state index contributed by atoms with van der Waals surface area (Å²) in [6.07, 6.45) is 2.82. The van der Waals surface area contributed by atoms with Crippen molar-refractivity contribution in [2.75, 3.05) is 26.2 Å². The Morgan fingerprint density at radius 1 is 0.771 bits per heavy atom. The molecule has 0 spiro atoms. The van der Waals surface area contributed by atoms with Crippen LogP contribution in [-0.4, -0.2) is 88.5 Å². The SMILES string of the molecule is Cc1ncc(CO)c(CN(CCN(CC(=O)O)Cc2c(CO)cnc(C)c2O)CC(=O)O)c1O.[Mn+2]. The number of aliphatic carboxylic acids is 2. The Bertz CT molecular complexity index is 956. The van der Waals surface area contributed by atoms with Crippen LogP contribution >= 0.6 is 0 Å². The molecule has 2 aromatic rings. The van der Waals surface area contributed by atoms with E-state index in [1.54, 1.807) is 13.8 Å². The van der Waals surface area contributed by atoms with E-state index in [0.29, 0.717) is 33.6 Å². The van der Waals surface area contributed by atoms with Crippen LogP contribution in [0.4, 0.5) is 0 Å². The number of aromatic hydroxyl groups is 2. The number of rotatable bonds is 13. The molecule has 0 fully saturated rings. The van der Waals surface area contributed by atoms with E-state index < -0.39 is 38.2 Å². The maximum atomic E-state index is 11.4. The molecule has 1 radical (unpaired) electrons.